The van der Waals surface area contributed by atoms with Gasteiger partial charge in [0.15, 0.2) is 0 Å². The van der Waals surface area contributed by atoms with Gasteiger partial charge >= 0.3 is 0 Å². The molecule has 0 spiro atoms. The second kappa shape index (κ2) is 7.33. The molecular weight excluding hydrogens is 363 g/mol. The van der Waals surface area contributed by atoms with E-state index in [1.165, 1.54) is 6.07 Å². The average molecular weight is 379 g/mol. The third-order valence-corrected chi connectivity index (χ3v) is 4.35. The highest BCUT2D eigenvalue weighted by Crippen LogP contribution is 2.34. The summed E-state index contributed by atoms with van der Waals surface area (Å²) in [5.41, 5.74) is 1.00. The number of nitrogens with one attached hydrogen (secondary N) is 1. The summed E-state index contributed by atoms with van der Waals surface area (Å²) in [7, 11) is 0. The number of amides is 2. The fourth-order valence-corrected chi connectivity index (χ4v) is 3.21. The molecule has 1 fully saturated rings. The maximum Gasteiger partial charge on any atom is 0.256 e. The van der Waals surface area contributed by atoms with E-state index in [0.717, 1.165) is 4.90 Å². The number of ether oxygens (including phenoxy) is 1. The lowest BCUT2D eigenvalue weighted by Gasteiger charge is -2.18. The number of rotatable bonds is 5. The summed E-state index contributed by atoms with van der Waals surface area (Å²) in [6.07, 6.45) is 0.0399. The van der Waals surface area contributed by atoms with E-state index in [4.69, 9.17) is 27.9 Å². The van der Waals surface area contributed by atoms with Crippen molar-refractivity contribution in [3.63, 3.8) is 0 Å². The lowest BCUT2D eigenvalue weighted by molar-refractivity contribution is -0.121. The number of carbonyl (C=O) groups excluding carboxylic acids is 2. The lowest BCUT2D eigenvalue weighted by atomic mass is 10.2. The number of hydrogen-bond donors (Lipinski definition) is 1. The first-order chi connectivity index (χ1) is 12.0. The molecule has 0 saturated carbocycles. The van der Waals surface area contributed by atoms with E-state index in [9.17, 15) is 9.59 Å². The summed E-state index contributed by atoms with van der Waals surface area (Å²) in [4.78, 5) is 26.2. The molecule has 0 bridgehead atoms. The van der Waals surface area contributed by atoms with Gasteiger partial charge in [-0.15, -0.1) is 0 Å². The Morgan fingerprint density at radius 1 is 1.20 bits per heavy atom. The Bertz CT molecular complexity index is 826. The van der Waals surface area contributed by atoms with Gasteiger partial charge in [0.1, 0.15) is 11.8 Å². The summed E-state index contributed by atoms with van der Waals surface area (Å²) in [5, 5.41) is 3.79. The summed E-state index contributed by atoms with van der Waals surface area (Å²) < 4.78 is 5.55. The van der Waals surface area contributed by atoms with Gasteiger partial charge in [-0.1, -0.05) is 35.3 Å². The van der Waals surface area contributed by atoms with Gasteiger partial charge < -0.3 is 10.1 Å². The predicted molar refractivity (Wildman–Crippen MR) is 98.6 cm³/mol. The smallest absolute Gasteiger partial charge is 0.256 e. The van der Waals surface area contributed by atoms with Crippen LogP contribution >= 0.6 is 23.2 Å². The summed E-state index contributed by atoms with van der Waals surface area (Å²) >= 11 is 12.0. The van der Waals surface area contributed by atoms with Crippen LogP contribution in [0.25, 0.3) is 0 Å². The Labute approximate surface area is 155 Å². The molecule has 1 aliphatic rings. The molecule has 1 atom stereocenters. The molecule has 3 rings (SSSR count). The van der Waals surface area contributed by atoms with Gasteiger partial charge in [-0.05, 0) is 37.3 Å². The minimum absolute atomic E-state index is 0.0399. The van der Waals surface area contributed by atoms with E-state index >= 15 is 0 Å². The van der Waals surface area contributed by atoms with Crippen molar-refractivity contribution < 1.29 is 14.3 Å². The molecule has 25 heavy (non-hydrogen) atoms. The van der Waals surface area contributed by atoms with Crippen LogP contribution in [0.3, 0.4) is 0 Å². The van der Waals surface area contributed by atoms with Crippen molar-refractivity contribution in [2.75, 3.05) is 16.8 Å². The van der Waals surface area contributed by atoms with Gasteiger partial charge in [0.2, 0.25) is 5.91 Å². The van der Waals surface area contributed by atoms with Gasteiger partial charge in [-0.2, -0.15) is 0 Å². The molecule has 0 aromatic heterocycles. The van der Waals surface area contributed by atoms with Gasteiger partial charge in [0.25, 0.3) is 5.91 Å². The first-order valence-corrected chi connectivity index (χ1v) is 8.57. The van der Waals surface area contributed by atoms with Gasteiger partial charge in [0.05, 0.1) is 29.4 Å². The highest BCUT2D eigenvalue weighted by atomic mass is 35.5. The van der Waals surface area contributed by atoms with Crippen molar-refractivity contribution in [1.82, 2.24) is 0 Å². The van der Waals surface area contributed by atoms with Crippen molar-refractivity contribution in [2.24, 2.45) is 0 Å². The van der Waals surface area contributed by atoms with Crippen LogP contribution in [0.5, 0.6) is 5.75 Å². The molecule has 1 N–H and O–H groups in total. The zero-order chi connectivity index (χ0) is 18.0. The number of anilines is 2. The molecule has 1 aliphatic heterocycles. The normalized spacial score (nSPS) is 17.1. The molecule has 5 nitrogen and oxygen atoms in total. The van der Waals surface area contributed by atoms with Crippen LogP contribution in [0.2, 0.25) is 10.0 Å². The molecular formula is C18H16Cl2N2O3. The maximum absolute atomic E-state index is 12.7. The topological polar surface area (TPSA) is 58.6 Å². The highest BCUT2D eigenvalue weighted by molar-refractivity contribution is 6.38. The molecule has 1 heterocycles. The van der Waals surface area contributed by atoms with Crippen LogP contribution in [0.4, 0.5) is 11.4 Å². The predicted octanol–water partition coefficient (Wildman–Crippen LogP) is 4.14. The zero-order valence-corrected chi connectivity index (χ0v) is 15.0. The molecule has 0 aliphatic carbocycles. The molecule has 1 saturated heterocycles. The van der Waals surface area contributed by atoms with Crippen LogP contribution in [0.1, 0.15) is 13.3 Å². The largest absolute Gasteiger partial charge is 0.492 e. The number of halogens is 2. The quantitative estimate of drug-likeness (QED) is 0.794. The highest BCUT2D eigenvalue weighted by Gasteiger charge is 2.40. The standard InChI is InChI=1S/C18H16Cl2N2O3/c1-2-25-16-6-4-3-5-13(16)21-14-10-17(23)22(18(14)24)15-8-7-11(19)9-12(15)20/h3-9,14,21H,2,10H2,1H3/t14-/m0/s1. The fraction of sp³-hybridized carbons (Fsp3) is 0.222. The van der Waals surface area contributed by atoms with E-state index < -0.39 is 6.04 Å². The van der Waals surface area contributed by atoms with Crippen molar-refractivity contribution in [2.45, 2.75) is 19.4 Å². The summed E-state index contributed by atoms with van der Waals surface area (Å²) in [6.45, 7) is 2.38. The van der Waals surface area contributed by atoms with Crippen molar-refractivity contribution in [3.05, 3.63) is 52.5 Å². The number of imide groups is 1. The summed E-state index contributed by atoms with van der Waals surface area (Å²) in [5.74, 6) is -0.0469. The third-order valence-electron chi connectivity index (χ3n) is 3.81. The van der Waals surface area contributed by atoms with E-state index in [1.54, 1.807) is 24.3 Å². The first-order valence-electron chi connectivity index (χ1n) is 7.81. The Morgan fingerprint density at radius 3 is 2.68 bits per heavy atom. The van der Waals surface area contributed by atoms with Gasteiger partial charge in [0, 0.05) is 5.02 Å². The maximum atomic E-state index is 12.7. The molecule has 130 valence electrons. The molecule has 7 heteroatoms. The monoisotopic (exact) mass is 378 g/mol. The Kier molecular flexibility index (Phi) is 5.16. The zero-order valence-electron chi connectivity index (χ0n) is 13.5. The van der Waals surface area contributed by atoms with Crippen molar-refractivity contribution in [1.29, 1.82) is 0 Å². The Morgan fingerprint density at radius 2 is 1.96 bits per heavy atom. The molecule has 0 radical (unpaired) electrons. The first kappa shape index (κ1) is 17.6. The SMILES string of the molecule is CCOc1ccccc1N[C@H]1CC(=O)N(c2ccc(Cl)cc2Cl)C1=O. The van der Waals surface area contributed by atoms with Crippen LogP contribution in [-0.2, 0) is 9.59 Å². The second-order valence-electron chi connectivity index (χ2n) is 5.49. The second-order valence-corrected chi connectivity index (χ2v) is 6.34. The number of hydrogen-bond acceptors (Lipinski definition) is 4. The van der Waals surface area contributed by atoms with Crippen LogP contribution in [0.15, 0.2) is 42.5 Å². The summed E-state index contributed by atoms with van der Waals surface area (Å²) in [6, 6.07) is 11.3. The number of benzene rings is 2. The van der Waals surface area contributed by atoms with Gasteiger partial charge in [-0.25, -0.2) is 4.90 Å². The fourth-order valence-electron chi connectivity index (χ4n) is 2.72. The van der Waals surface area contributed by atoms with E-state index in [2.05, 4.69) is 5.32 Å². The number of carbonyl (C=O) groups is 2. The van der Waals surface area contributed by atoms with Gasteiger partial charge in [-0.3, -0.25) is 9.59 Å². The van der Waals surface area contributed by atoms with Crippen molar-refractivity contribution in [3.8, 4) is 5.75 Å². The average Bonchev–Trinajstić information content (AvgIpc) is 2.84. The Hall–Kier alpha value is -2.24. The van der Waals surface area contributed by atoms with E-state index in [1.807, 2.05) is 19.1 Å². The van der Waals surface area contributed by atoms with Crippen LogP contribution in [0, 0.1) is 0 Å². The van der Waals surface area contributed by atoms with E-state index in [-0.39, 0.29) is 23.3 Å². The molecule has 2 amide bonds. The minimum atomic E-state index is -0.680. The van der Waals surface area contributed by atoms with Crippen LogP contribution < -0.4 is 15.0 Å². The Balaban J connectivity index is 1.84. The van der Waals surface area contributed by atoms with Crippen LogP contribution in [-0.4, -0.2) is 24.5 Å². The molecule has 0 unspecified atom stereocenters. The van der Waals surface area contributed by atoms with E-state index in [0.29, 0.717) is 28.8 Å². The third kappa shape index (κ3) is 3.57. The molecule has 2 aromatic rings. The number of nitrogens with zero attached hydrogens (tertiary/aromatic N) is 1. The lowest BCUT2D eigenvalue weighted by Crippen LogP contribution is -2.35. The minimum Gasteiger partial charge on any atom is -0.492 e. The number of para-hydroxylation sites is 2. The molecule has 2 aromatic carbocycles. The van der Waals surface area contributed by atoms with Crippen molar-refractivity contribution >= 4 is 46.4 Å².